The van der Waals surface area contributed by atoms with Crippen LogP contribution >= 0.6 is 0 Å². The Bertz CT molecular complexity index is 382. The van der Waals surface area contributed by atoms with Gasteiger partial charge in [-0.2, -0.15) is 0 Å². The number of H-pyrrole nitrogens is 1. The number of hydrogen-bond donors (Lipinski definition) is 1. The second kappa shape index (κ2) is 5.14. The quantitative estimate of drug-likeness (QED) is 0.846. The SMILES string of the molecule is CN(CC1CCCCC1)c1ncc[nH]c1=O. The second-order valence-electron chi connectivity index (χ2n) is 4.63. The van der Waals surface area contributed by atoms with Crippen LogP contribution in [0.3, 0.4) is 0 Å². The number of anilines is 1. The molecule has 88 valence electrons. The van der Waals surface area contributed by atoms with Gasteiger partial charge >= 0.3 is 0 Å². The highest BCUT2D eigenvalue weighted by molar-refractivity contribution is 5.33. The molecule has 1 aliphatic rings. The van der Waals surface area contributed by atoms with Crippen molar-refractivity contribution in [2.45, 2.75) is 32.1 Å². The van der Waals surface area contributed by atoms with Gasteiger partial charge in [-0.05, 0) is 18.8 Å². The lowest BCUT2D eigenvalue weighted by atomic mass is 9.89. The first-order valence-corrected chi connectivity index (χ1v) is 6.02. The Labute approximate surface area is 95.7 Å². The van der Waals surface area contributed by atoms with E-state index >= 15 is 0 Å². The molecule has 0 unspecified atom stereocenters. The van der Waals surface area contributed by atoms with E-state index in [0.29, 0.717) is 5.82 Å². The smallest absolute Gasteiger partial charge is 0.290 e. The van der Waals surface area contributed by atoms with Crippen molar-refractivity contribution in [2.75, 3.05) is 18.5 Å². The molecular formula is C12H19N3O. The molecule has 4 heteroatoms. The summed E-state index contributed by atoms with van der Waals surface area (Å²) < 4.78 is 0. The van der Waals surface area contributed by atoms with Crippen molar-refractivity contribution in [1.82, 2.24) is 9.97 Å². The van der Waals surface area contributed by atoms with E-state index in [4.69, 9.17) is 0 Å². The highest BCUT2D eigenvalue weighted by atomic mass is 16.1. The van der Waals surface area contributed by atoms with Crippen LogP contribution in [0.15, 0.2) is 17.2 Å². The molecule has 16 heavy (non-hydrogen) atoms. The summed E-state index contributed by atoms with van der Waals surface area (Å²) in [6.07, 6.45) is 9.80. The molecule has 1 N–H and O–H groups in total. The molecule has 1 aromatic heterocycles. The Morgan fingerprint density at radius 3 is 2.88 bits per heavy atom. The largest absolute Gasteiger partial charge is 0.355 e. The second-order valence-corrected chi connectivity index (χ2v) is 4.63. The summed E-state index contributed by atoms with van der Waals surface area (Å²) >= 11 is 0. The summed E-state index contributed by atoms with van der Waals surface area (Å²) in [5.74, 6) is 1.26. The maximum Gasteiger partial charge on any atom is 0.290 e. The minimum absolute atomic E-state index is 0.0965. The minimum atomic E-state index is -0.0965. The van der Waals surface area contributed by atoms with E-state index < -0.39 is 0 Å². The highest BCUT2D eigenvalue weighted by Crippen LogP contribution is 2.24. The van der Waals surface area contributed by atoms with Crippen molar-refractivity contribution >= 4 is 5.82 Å². The first kappa shape index (κ1) is 11.2. The van der Waals surface area contributed by atoms with Gasteiger partial charge in [-0.25, -0.2) is 4.98 Å². The number of hydrogen-bond acceptors (Lipinski definition) is 3. The van der Waals surface area contributed by atoms with Gasteiger partial charge in [0.2, 0.25) is 0 Å². The van der Waals surface area contributed by atoms with Crippen molar-refractivity contribution in [3.05, 3.63) is 22.7 Å². The summed E-state index contributed by atoms with van der Waals surface area (Å²) in [5.41, 5.74) is -0.0965. The molecule has 1 heterocycles. The summed E-state index contributed by atoms with van der Waals surface area (Å²) in [6, 6.07) is 0. The van der Waals surface area contributed by atoms with E-state index in [-0.39, 0.29) is 5.56 Å². The minimum Gasteiger partial charge on any atom is -0.355 e. The molecular weight excluding hydrogens is 202 g/mol. The molecule has 0 aliphatic heterocycles. The molecule has 0 amide bonds. The standard InChI is InChI=1S/C12H19N3O/c1-15(9-10-5-3-2-4-6-10)11-12(16)14-8-7-13-11/h7-8,10H,2-6,9H2,1H3,(H,14,16). The fraction of sp³-hybridized carbons (Fsp3) is 0.667. The first-order valence-electron chi connectivity index (χ1n) is 6.02. The van der Waals surface area contributed by atoms with E-state index in [1.165, 1.54) is 32.1 Å². The van der Waals surface area contributed by atoms with E-state index in [1.807, 2.05) is 11.9 Å². The summed E-state index contributed by atoms with van der Waals surface area (Å²) in [6.45, 7) is 0.945. The number of rotatable bonds is 3. The Kier molecular flexibility index (Phi) is 3.59. The Morgan fingerprint density at radius 1 is 1.44 bits per heavy atom. The van der Waals surface area contributed by atoms with E-state index in [2.05, 4.69) is 9.97 Å². The van der Waals surface area contributed by atoms with Crippen molar-refractivity contribution in [2.24, 2.45) is 5.92 Å². The van der Waals surface area contributed by atoms with Crippen molar-refractivity contribution in [3.63, 3.8) is 0 Å². The monoisotopic (exact) mass is 221 g/mol. The van der Waals surface area contributed by atoms with Crippen LogP contribution in [0.1, 0.15) is 32.1 Å². The highest BCUT2D eigenvalue weighted by Gasteiger charge is 2.17. The molecule has 0 radical (unpaired) electrons. The van der Waals surface area contributed by atoms with Crippen molar-refractivity contribution in [3.8, 4) is 0 Å². The molecule has 0 aromatic carbocycles. The van der Waals surface area contributed by atoms with E-state index in [1.54, 1.807) is 12.4 Å². The first-order chi connectivity index (χ1) is 7.77. The van der Waals surface area contributed by atoms with Crippen LogP contribution in [0.25, 0.3) is 0 Å². The normalized spacial score (nSPS) is 17.3. The van der Waals surface area contributed by atoms with Crippen LogP contribution in [0.2, 0.25) is 0 Å². The molecule has 0 atom stereocenters. The lowest BCUT2D eigenvalue weighted by Gasteiger charge is -2.27. The van der Waals surface area contributed by atoms with E-state index in [0.717, 1.165) is 12.5 Å². The Balaban J connectivity index is 1.99. The third kappa shape index (κ3) is 2.62. The molecule has 4 nitrogen and oxygen atoms in total. The molecule has 0 bridgehead atoms. The lowest BCUT2D eigenvalue weighted by molar-refractivity contribution is 0.361. The summed E-state index contributed by atoms with van der Waals surface area (Å²) in [7, 11) is 1.95. The predicted molar refractivity (Wildman–Crippen MR) is 64.7 cm³/mol. The lowest BCUT2D eigenvalue weighted by Crippen LogP contribution is -2.31. The molecule has 1 aliphatic carbocycles. The van der Waals surface area contributed by atoms with Gasteiger partial charge in [0.1, 0.15) is 0 Å². The maximum atomic E-state index is 11.5. The van der Waals surface area contributed by atoms with Gasteiger partial charge in [-0.15, -0.1) is 0 Å². The van der Waals surface area contributed by atoms with Gasteiger partial charge in [-0.3, -0.25) is 4.79 Å². The van der Waals surface area contributed by atoms with Crippen LogP contribution < -0.4 is 10.5 Å². The number of nitrogens with one attached hydrogen (secondary N) is 1. The Hall–Kier alpha value is -1.32. The van der Waals surface area contributed by atoms with Crippen LogP contribution in [-0.2, 0) is 0 Å². The number of nitrogens with zero attached hydrogens (tertiary/aromatic N) is 2. The fourth-order valence-electron chi connectivity index (χ4n) is 2.46. The van der Waals surface area contributed by atoms with Gasteiger partial charge in [0.25, 0.3) is 5.56 Å². The molecule has 2 rings (SSSR count). The van der Waals surface area contributed by atoms with Crippen LogP contribution in [0, 0.1) is 5.92 Å². The summed E-state index contributed by atoms with van der Waals surface area (Å²) in [4.78, 5) is 20.3. The topological polar surface area (TPSA) is 49.0 Å². The Morgan fingerprint density at radius 2 is 2.19 bits per heavy atom. The van der Waals surface area contributed by atoms with Gasteiger partial charge in [0, 0.05) is 26.0 Å². The van der Waals surface area contributed by atoms with Crippen molar-refractivity contribution < 1.29 is 0 Å². The van der Waals surface area contributed by atoms with Crippen LogP contribution in [0.5, 0.6) is 0 Å². The molecule has 1 saturated carbocycles. The molecule has 0 spiro atoms. The molecule has 1 fully saturated rings. The van der Waals surface area contributed by atoms with Gasteiger partial charge in [0.15, 0.2) is 5.82 Å². The van der Waals surface area contributed by atoms with Gasteiger partial charge in [0.05, 0.1) is 0 Å². The van der Waals surface area contributed by atoms with Crippen LogP contribution in [-0.4, -0.2) is 23.6 Å². The third-order valence-electron chi connectivity index (χ3n) is 3.31. The fourth-order valence-corrected chi connectivity index (χ4v) is 2.46. The van der Waals surface area contributed by atoms with Gasteiger partial charge < -0.3 is 9.88 Å². The zero-order valence-electron chi connectivity index (χ0n) is 9.78. The van der Waals surface area contributed by atoms with Crippen LogP contribution in [0.4, 0.5) is 5.82 Å². The zero-order chi connectivity index (χ0) is 11.4. The maximum absolute atomic E-state index is 11.5. The average molecular weight is 221 g/mol. The van der Waals surface area contributed by atoms with E-state index in [9.17, 15) is 4.79 Å². The molecule has 0 saturated heterocycles. The molecule has 1 aromatic rings. The average Bonchev–Trinajstić information content (AvgIpc) is 2.31. The van der Waals surface area contributed by atoms with Gasteiger partial charge in [-0.1, -0.05) is 19.3 Å². The zero-order valence-corrected chi connectivity index (χ0v) is 9.78. The third-order valence-corrected chi connectivity index (χ3v) is 3.31. The van der Waals surface area contributed by atoms with Crippen molar-refractivity contribution in [1.29, 1.82) is 0 Å². The number of aromatic amines is 1. The predicted octanol–water partition coefficient (Wildman–Crippen LogP) is 1.79. The summed E-state index contributed by atoms with van der Waals surface area (Å²) in [5, 5.41) is 0. The number of aromatic nitrogens is 2.